The molecule has 0 aromatic heterocycles. The van der Waals surface area contributed by atoms with Crippen molar-refractivity contribution in [2.45, 2.75) is 64.7 Å². The van der Waals surface area contributed by atoms with Crippen molar-refractivity contribution >= 4 is 50.3 Å². The molecule has 264 valence electrons. The van der Waals surface area contributed by atoms with E-state index >= 15 is 0 Å². The van der Waals surface area contributed by atoms with Crippen molar-refractivity contribution in [1.82, 2.24) is 21.3 Å². The van der Waals surface area contributed by atoms with Crippen LogP contribution in [0.1, 0.15) is 51.7 Å². The minimum atomic E-state index is -2.79. The quantitative estimate of drug-likeness (QED) is 0.0692. The number of likely N-dealkylation sites (N-methyl/N-ethyl adjacent to an activating group) is 2. The van der Waals surface area contributed by atoms with E-state index in [2.05, 4.69) is 21.3 Å². The Bertz CT molecular complexity index is 1320. The third-order valence-electron chi connectivity index (χ3n) is 6.82. The van der Waals surface area contributed by atoms with Gasteiger partial charge in [0, 0.05) is 11.1 Å². The average Bonchev–Trinajstić information content (AvgIpc) is 3.01. The van der Waals surface area contributed by atoms with E-state index in [0.717, 1.165) is 0 Å². The third-order valence-corrected chi connectivity index (χ3v) is 8.67. The normalized spacial score (nSPS) is 14.2. The Morgan fingerprint density at radius 3 is 1.10 bits per heavy atom. The zero-order valence-corrected chi connectivity index (χ0v) is 35.5. The van der Waals surface area contributed by atoms with Gasteiger partial charge in [0.05, 0.1) is 24.0 Å². The van der Waals surface area contributed by atoms with E-state index in [1.54, 1.807) is 60.7 Å². The predicted octanol–water partition coefficient (Wildman–Crippen LogP) is -8.51. The Kier molecular flexibility index (Phi) is 26.5. The molecule has 6 N–H and O–H groups in total. The molecule has 0 spiro atoms. The van der Waals surface area contributed by atoms with Gasteiger partial charge in [0.1, 0.15) is 0 Å². The molecule has 0 saturated heterocycles. The van der Waals surface area contributed by atoms with Crippen LogP contribution in [0.5, 0.6) is 0 Å². The second kappa shape index (κ2) is 26.2. The first-order valence-corrected chi connectivity index (χ1v) is 17.5. The number of carbonyl (C=O) groups excluding carboxylic acids is 4. The van der Waals surface area contributed by atoms with Crippen molar-refractivity contribution in [2.24, 2.45) is 11.8 Å². The topological polar surface area (TPSA) is 249 Å². The minimum absolute atomic E-state index is 0. The molecule has 0 radical (unpaired) electrons. The zero-order valence-electron chi connectivity index (χ0n) is 29.7. The summed E-state index contributed by atoms with van der Waals surface area (Å²) in [6, 6.07) is 12.1. The molecule has 0 saturated carbocycles. The van der Waals surface area contributed by atoms with Crippen LogP contribution in [0.15, 0.2) is 60.7 Å². The summed E-state index contributed by atoms with van der Waals surface area (Å²) in [5.41, 5.74) is 0.869. The van der Waals surface area contributed by atoms with E-state index in [1.165, 1.54) is 14.1 Å². The van der Waals surface area contributed by atoms with E-state index < -0.39 is 63.9 Å². The largest absolute Gasteiger partial charge is 1.00 e. The van der Waals surface area contributed by atoms with Gasteiger partial charge in [0.2, 0.25) is 27.8 Å². The molecule has 6 atom stereocenters. The summed E-state index contributed by atoms with van der Waals surface area (Å²) in [4.78, 5) is 90.1. The van der Waals surface area contributed by atoms with Crippen LogP contribution >= 0.6 is 16.0 Å². The van der Waals surface area contributed by atoms with Crippen LogP contribution in [0.25, 0.3) is 0 Å². The zero-order chi connectivity index (χ0) is 36.6. The SMILES string of the molecule is CN[C@H](C(=O)N[C@@H](CC(C)C)C(=O)[O-])C(c1ccccc1)=[P+]([O-])O.CN[C@H](C(=O)N[C@@H](CC(C)C)C(=O)[O-])C(c1ccccc1)=[P+]([O-])O.[Na+].[Na+]. The van der Waals surface area contributed by atoms with Gasteiger partial charge in [-0.3, -0.25) is 9.59 Å². The fourth-order valence-electron chi connectivity index (χ4n) is 4.66. The molecule has 18 heteroatoms. The van der Waals surface area contributed by atoms with Gasteiger partial charge in [-0.25, -0.2) is 0 Å². The van der Waals surface area contributed by atoms with Gasteiger partial charge in [-0.2, -0.15) is 9.79 Å². The van der Waals surface area contributed by atoms with E-state index in [9.17, 15) is 49.0 Å². The van der Waals surface area contributed by atoms with Crippen LogP contribution < -0.4 is 100 Å². The number of hydrogen-bond donors (Lipinski definition) is 6. The van der Waals surface area contributed by atoms with Crippen molar-refractivity contribution in [3.8, 4) is 0 Å². The van der Waals surface area contributed by atoms with E-state index in [1.807, 2.05) is 27.7 Å². The van der Waals surface area contributed by atoms with Crippen molar-refractivity contribution < 1.29 is 108 Å². The second-order valence-corrected chi connectivity index (χ2v) is 13.6. The van der Waals surface area contributed by atoms with Crippen LogP contribution in [0.2, 0.25) is 0 Å². The molecule has 0 aliphatic heterocycles. The Morgan fingerprint density at radius 2 is 0.900 bits per heavy atom. The number of carboxylic acids is 2. The molecule has 2 amide bonds. The molecule has 2 aromatic rings. The molecular formula is C32H44N4Na2O10P2. The van der Waals surface area contributed by atoms with Crippen molar-refractivity contribution in [3.05, 3.63) is 71.8 Å². The first-order chi connectivity index (χ1) is 22.5. The number of carboxylic acid groups (broad SMARTS) is 2. The Morgan fingerprint density at radius 1 is 0.620 bits per heavy atom. The molecule has 2 aromatic carbocycles. The fourth-order valence-corrected chi connectivity index (χ4v) is 6.33. The van der Waals surface area contributed by atoms with Gasteiger partial charge in [-0.1, -0.05) is 88.4 Å². The van der Waals surface area contributed by atoms with Gasteiger partial charge in [0.15, 0.2) is 22.7 Å². The van der Waals surface area contributed by atoms with Gasteiger partial charge < -0.3 is 50.9 Å². The summed E-state index contributed by atoms with van der Waals surface area (Å²) in [6.45, 7) is 7.29. The number of amides is 2. The molecule has 50 heavy (non-hydrogen) atoms. The van der Waals surface area contributed by atoms with Gasteiger partial charge in [-0.15, -0.1) is 0 Å². The maximum atomic E-state index is 12.5. The summed E-state index contributed by atoms with van der Waals surface area (Å²) in [5, 5.41) is 32.5. The molecule has 2 rings (SSSR count). The van der Waals surface area contributed by atoms with Crippen LogP contribution in [0.4, 0.5) is 0 Å². The molecular weight excluding hydrogens is 708 g/mol. The monoisotopic (exact) mass is 752 g/mol. The maximum absolute atomic E-state index is 12.5. The Balaban J connectivity index is 0. The second-order valence-electron chi connectivity index (χ2n) is 11.5. The van der Waals surface area contributed by atoms with Crippen LogP contribution in [-0.4, -0.2) is 82.4 Å². The Labute approximate surface area is 339 Å². The molecule has 0 heterocycles. The smallest absolute Gasteiger partial charge is 0.603 e. The standard InChI is InChI=1S/2C16H23N2O5P.2Na/c2*1-10(2)9-12(16(20)21)18-15(19)13(17-3)14(24(22)23)11-7-5-4-6-8-11;;/h2*4-8,10,12-13,17H,9H2,1-3H3,(H,18,19)(H,20,21)(H,22,23);;/q;;2*+1/p-2/t2*12-,13-;;/m00../s1. The Hall–Kier alpha value is -1.58. The molecule has 0 aliphatic carbocycles. The molecule has 0 aliphatic rings. The van der Waals surface area contributed by atoms with E-state index in [4.69, 9.17) is 0 Å². The van der Waals surface area contributed by atoms with Crippen LogP contribution in [-0.2, 0) is 19.2 Å². The fraction of sp³-hybridized carbons (Fsp3) is 0.438. The van der Waals surface area contributed by atoms with Crippen molar-refractivity contribution in [3.63, 3.8) is 0 Å². The summed E-state index contributed by atoms with van der Waals surface area (Å²) in [6.07, 6.45) is 0.410. The van der Waals surface area contributed by atoms with E-state index in [-0.39, 0.29) is 94.4 Å². The number of nitrogens with one attached hydrogen (secondary N) is 4. The number of benzene rings is 2. The maximum Gasteiger partial charge on any atom is 1.00 e. The third kappa shape index (κ3) is 17.3. The first-order valence-electron chi connectivity index (χ1n) is 15.1. The number of rotatable bonds is 16. The van der Waals surface area contributed by atoms with E-state index in [0.29, 0.717) is 11.1 Å². The molecule has 14 nitrogen and oxygen atoms in total. The first kappa shape index (κ1) is 50.5. The molecule has 0 fully saturated rings. The van der Waals surface area contributed by atoms with Crippen LogP contribution in [0, 0.1) is 11.8 Å². The summed E-state index contributed by atoms with van der Waals surface area (Å²) in [7, 11) is -2.67. The van der Waals surface area contributed by atoms with Crippen molar-refractivity contribution in [1.29, 1.82) is 0 Å². The summed E-state index contributed by atoms with van der Waals surface area (Å²) >= 11 is 0. The average molecular weight is 753 g/mol. The van der Waals surface area contributed by atoms with Gasteiger partial charge >= 0.3 is 59.1 Å². The minimum Gasteiger partial charge on any atom is -0.603 e. The van der Waals surface area contributed by atoms with Crippen LogP contribution in [0.3, 0.4) is 0 Å². The molecule has 2 unspecified atom stereocenters. The number of aliphatic carboxylic acids is 2. The summed E-state index contributed by atoms with van der Waals surface area (Å²) in [5.74, 6) is -4.09. The number of carbonyl (C=O) groups is 4. The molecule has 0 bridgehead atoms. The predicted molar refractivity (Wildman–Crippen MR) is 178 cm³/mol. The summed E-state index contributed by atoms with van der Waals surface area (Å²) < 4.78 is 0. The number of hydrogen-bond acceptors (Lipinski definition) is 12. The van der Waals surface area contributed by atoms with Gasteiger partial charge in [0.25, 0.3) is 0 Å². The van der Waals surface area contributed by atoms with Crippen molar-refractivity contribution in [2.75, 3.05) is 14.1 Å². The van der Waals surface area contributed by atoms with Gasteiger partial charge in [-0.05, 0) is 38.8 Å².